The van der Waals surface area contributed by atoms with Gasteiger partial charge in [0.05, 0.1) is 32.4 Å². The minimum absolute atomic E-state index is 0.150. The van der Waals surface area contributed by atoms with Gasteiger partial charge < -0.3 is 23.5 Å². The number of carbonyl (C=O) groups excluding carboxylic acids is 2. The molecule has 1 aromatic heterocycles. The second-order valence-electron chi connectivity index (χ2n) is 5.97. The maximum atomic E-state index is 12.6. The highest BCUT2D eigenvalue weighted by Crippen LogP contribution is 2.18. The Morgan fingerprint density at radius 2 is 1.78 bits per heavy atom. The molecule has 0 saturated heterocycles. The Balaban J connectivity index is 1.98. The van der Waals surface area contributed by atoms with E-state index < -0.39 is 5.92 Å². The summed E-state index contributed by atoms with van der Waals surface area (Å²) in [6.45, 7) is 4.51. The van der Waals surface area contributed by atoms with E-state index >= 15 is 0 Å². The van der Waals surface area contributed by atoms with Crippen molar-refractivity contribution >= 4 is 11.9 Å². The first-order valence-corrected chi connectivity index (χ1v) is 8.77. The van der Waals surface area contributed by atoms with Gasteiger partial charge in [-0.05, 0) is 43.3 Å². The zero-order valence-corrected chi connectivity index (χ0v) is 15.8. The van der Waals surface area contributed by atoms with Crippen molar-refractivity contribution in [2.45, 2.75) is 20.4 Å². The quantitative estimate of drug-likeness (QED) is 0.594. The smallest absolute Gasteiger partial charge is 0.310 e. The Hall–Kier alpha value is -2.96. The summed E-state index contributed by atoms with van der Waals surface area (Å²) in [5, 5.41) is 0. The average Bonchev–Trinajstić information content (AvgIpc) is 3.19. The van der Waals surface area contributed by atoms with Crippen LogP contribution in [0.1, 0.15) is 19.6 Å². The molecule has 27 heavy (non-hydrogen) atoms. The van der Waals surface area contributed by atoms with Crippen molar-refractivity contribution in [3.63, 3.8) is 0 Å². The molecule has 0 aliphatic heterocycles. The molecule has 7 heteroatoms. The maximum absolute atomic E-state index is 12.6. The molecule has 0 N–H and O–H groups in total. The summed E-state index contributed by atoms with van der Waals surface area (Å²) in [7, 11) is 1.33. The van der Waals surface area contributed by atoms with Gasteiger partial charge in [-0.25, -0.2) is 0 Å². The van der Waals surface area contributed by atoms with E-state index in [1.807, 2.05) is 6.92 Å². The molecule has 1 atom stereocenters. The lowest BCUT2D eigenvalue weighted by atomic mass is 10.1. The molecule has 0 fully saturated rings. The molecule has 2 aromatic rings. The fourth-order valence-corrected chi connectivity index (χ4v) is 2.49. The van der Waals surface area contributed by atoms with E-state index in [0.717, 1.165) is 5.75 Å². The van der Waals surface area contributed by atoms with Crippen molar-refractivity contribution in [2.24, 2.45) is 5.92 Å². The second-order valence-corrected chi connectivity index (χ2v) is 5.97. The van der Waals surface area contributed by atoms with E-state index in [2.05, 4.69) is 0 Å². The minimum atomic E-state index is -0.459. The highest BCUT2D eigenvalue weighted by atomic mass is 16.5. The number of methoxy groups -OCH3 is 1. The van der Waals surface area contributed by atoms with E-state index in [-0.39, 0.29) is 31.6 Å². The van der Waals surface area contributed by atoms with E-state index in [1.165, 1.54) is 18.3 Å². The van der Waals surface area contributed by atoms with Gasteiger partial charge in [0.1, 0.15) is 17.3 Å². The Labute approximate surface area is 158 Å². The SMILES string of the molecule is CCOc1ccc(OCC(=O)N(Cc2ccco2)CC(C)C(=O)OC)cc1. The number of amides is 1. The van der Waals surface area contributed by atoms with Crippen molar-refractivity contribution in [1.82, 2.24) is 4.90 Å². The number of nitrogens with zero attached hydrogens (tertiary/aromatic N) is 1. The molecule has 0 radical (unpaired) electrons. The van der Waals surface area contributed by atoms with Gasteiger partial charge in [0.2, 0.25) is 0 Å². The molecule has 7 nitrogen and oxygen atoms in total. The highest BCUT2D eigenvalue weighted by Gasteiger charge is 2.23. The van der Waals surface area contributed by atoms with Gasteiger partial charge >= 0.3 is 5.97 Å². The number of carbonyl (C=O) groups is 2. The molecule has 1 heterocycles. The van der Waals surface area contributed by atoms with Gasteiger partial charge in [-0.1, -0.05) is 6.92 Å². The predicted molar refractivity (Wildman–Crippen MR) is 98.4 cm³/mol. The number of hydrogen-bond acceptors (Lipinski definition) is 6. The van der Waals surface area contributed by atoms with Crippen LogP contribution in [-0.2, 0) is 20.9 Å². The van der Waals surface area contributed by atoms with Crippen LogP contribution in [0.5, 0.6) is 11.5 Å². The lowest BCUT2D eigenvalue weighted by Gasteiger charge is -2.24. The largest absolute Gasteiger partial charge is 0.494 e. The van der Waals surface area contributed by atoms with Gasteiger partial charge in [0.25, 0.3) is 5.91 Å². The van der Waals surface area contributed by atoms with Crippen LogP contribution in [0.4, 0.5) is 0 Å². The third-order valence-electron chi connectivity index (χ3n) is 3.87. The number of esters is 1. The van der Waals surface area contributed by atoms with Gasteiger partial charge in [0.15, 0.2) is 6.61 Å². The number of ether oxygens (including phenoxy) is 3. The summed E-state index contributed by atoms with van der Waals surface area (Å²) in [5.41, 5.74) is 0. The van der Waals surface area contributed by atoms with Crippen LogP contribution in [-0.4, -0.2) is 43.6 Å². The molecular formula is C20H25NO6. The lowest BCUT2D eigenvalue weighted by molar-refractivity contribution is -0.147. The summed E-state index contributed by atoms with van der Waals surface area (Å²) in [5.74, 6) is 0.838. The van der Waals surface area contributed by atoms with Crippen LogP contribution in [0.3, 0.4) is 0 Å². The second kappa shape index (κ2) is 10.3. The molecule has 1 amide bonds. The van der Waals surface area contributed by atoms with Crippen LogP contribution < -0.4 is 9.47 Å². The van der Waals surface area contributed by atoms with E-state index in [4.69, 9.17) is 18.6 Å². The first kappa shape index (κ1) is 20.4. The average molecular weight is 375 g/mol. The van der Waals surface area contributed by atoms with Crippen LogP contribution in [0.25, 0.3) is 0 Å². The molecule has 0 bridgehead atoms. The number of rotatable bonds is 10. The molecule has 0 aliphatic carbocycles. The van der Waals surface area contributed by atoms with Crippen LogP contribution >= 0.6 is 0 Å². The van der Waals surface area contributed by atoms with Crippen molar-refractivity contribution < 1.29 is 28.2 Å². The van der Waals surface area contributed by atoms with Crippen molar-refractivity contribution in [3.05, 3.63) is 48.4 Å². The monoisotopic (exact) mass is 375 g/mol. The normalized spacial score (nSPS) is 11.5. The van der Waals surface area contributed by atoms with Gasteiger partial charge in [-0.2, -0.15) is 0 Å². The Morgan fingerprint density at radius 1 is 1.11 bits per heavy atom. The summed E-state index contributed by atoms with van der Waals surface area (Å²) in [4.78, 5) is 25.9. The van der Waals surface area contributed by atoms with Crippen molar-refractivity contribution in [3.8, 4) is 11.5 Å². The summed E-state index contributed by atoms with van der Waals surface area (Å²) < 4.78 is 21.0. The van der Waals surface area contributed by atoms with Crippen LogP contribution in [0.15, 0.2) is 47.1 Å². The van der Waals surface area contributed by atoms with Gasteiger partial charge in [0, 0.05) is 6.54 Å². The standard InChI is InChI=1S/C20H25NO6/c1-4-25-16-7-9-17(10-8-16)27-14-19(22)21(12-15(2)20(23)24-3)13-18-6-5-11-26-18/h5-11,15H,4,12-14H2,1-3H3. The zero-order chi connectivity index (χ0) is 19.6. The van der Waals surface area contributed by atoms with Crippen LogP contribution in [0.2, 0.25) is 0 Å². The van der Waals surface area contributed by atoms with E-state index in [9.17, 15) is 9.59 Å². The zero-order valence-electron chi connectivity index (χ0n) is 15.8. The Morgan fingerprint density at radius 3 is 2.33 bits per heavy atom. The molecule has 0 saturated carbocycles. The van der Waals surface area contributed by atoms with Gasteiger partial charge in [-0.3, -0.25) is 9.59 Å². The molecule has 0 aliphatic rings. The summed E-state index contributed by atoms with van der Waals surface area (Å²) >= 11 is 0. The number of hydrogen-bond donors (Lipinski definition) is 0. The molecule has 0 spiro atoms. The summed E-state index contributed by atoms with van der Waals surface area (Å²) in [6, 6.07) is 10.6. The molecule has 2 rings (SSSR count). The molecule has 146 valence electrons. The molecule has 1 aromatic carbocycles. The number of furan rings is 1. The first-order valence-electron chi connectivity index (χ1n) is 8.77. The first-order chi connectivity index (χ1) is 13.0. The van der Waals surface area contributed by atoms with Gasteiger partial charge in [-0.15, -0.1) is 0 Å². The highest BCUT2D eigenvalue weighted by molar-refractivity contribution is 5.79. The molecular weight excluding hydrogens is 350 g/mol. The predicted octanol–water partition coefficient (Wildman–Crippen LogP) is 2.90. The summed E-state index contributed by atoms with van der Waals surface area (Å²) in [6.07, 6.45) is 1.54. The van der Waals surface area contributed by atoms with Crippen molar-refractivity contribution in [1.29, 1.82) is 0 Å². The minimum Gasteiger partial charge on any atom is -0.494 e. The lowest BCUT2D eigenvalue weighted by Crippen LogP contribution is -2.39. The molecule has 1 unspecified atom stereocenters. The van der Waals surface area contributed by atoms with Crippen LogP contribution in [0, 0.1) is 5.92 Å². The third-order valence-corrected chi connectivity index (χ3v) is 3.87. The Kier molecular flexibility index (Phi) is 7.73. The topological polar surface area (TPSA) is 78.2 Å². The third kappa shape index (κ3) is 6.36. The fraction of sp³-hybridized carbons (Fsp3) is 0.400. The Bertz CT molecular complexity index is 711. The maximum Gasteiger partial charge on any atom is 0.310 e. The van der Waals surface area contributed by atoms with E-state index in [0.29, 0.717) is 18.1 Å². The fourth-order valence-electron chi connectivity index (χ4n) is 2.49. The number of benzene rings is 1. The van der Waals surface area contributed by atoms with E-state index in [1.54, 1.807) is 43.3 Å². The van der Waals surface area contributed by atoms with Crippen molar-refractivity contribution in [2.75, 3.05) is 26.9 Å².